The molecule has 11 heteroatoms. The maximum absolute atomic E-state index is 12.5. The lowest BCUT2D eigenvalue weighted by Gasteiger charge is -2.11. The zero-order chi connectivity index (χ0) is 21.6. The molecule has 0 unspecified atom stereocenters. The highest BCUT2D eigenvalue weighted by atomic mass is 35.5. The molecule has 0 saturated carbocycles. The van der Waals surface area contributed by atoms with E-state index in [1.54, 1.807) is 0 Å². The molecule has 0 radical (unpaired) electrons. The Balaban J connectivity index is 2.33. The molecule has 0 bridgehead atoms. The number of benzene rings is 1. The molecule has 1 aromatic carbocycles. The van der Waals surface area contributed by atoms with Crippen molar-refractivity contribution in [3.8, 4) is 6.07 Å². The molecule has 0 atom stereocenters. The lowest BCUT2D eigenvalue weighted by atomic mass is 10.1. The van der Waals surface area contributed by atoms with Crippen LogP contribution in [0.4, 0.5) is 5.69 Å². The van der Waals surface area contributed by atoms with Gasteiger partial charge in [-0.15, -0.1) is 10.2 Å². The third-order valence-electron chi connectivity index (χ3n) is 3.56. The van der Waals surface area contributed by atoms with E-state index < -0.39 is 11.9 Å². The number of rotatable bonds is 5. The number of carbonyl (C=O) groups is 2. The maximum Gasteiger partial charge on any atom is 0.340 e. The van der Waals surface area contributed by atoms with Crippen molar-refractivity contribution in [2.45, 2.75) is 0 Å². The van der Waals surface area contributed by atoms with Crippen molar-refractivity contribution in [1.82, 2.24) is 10.2 Å². The third-order valence-corrected chi connectivity index (χ3v) is 4.28. The van der Waals surface area contributed by atoms with Gasteiger partial charge in [0.15, 0.2) is 5.69 Å². The van der Waals surface area contributed by atoms with Crippen LogP contribution >= 0.6 is 23.2 Å². The number of ether oxygens (including phenoxy) is 1. The largest absolute Gasteiger partial charge is 0.465 e. The molecule has 0 aliphatic rings. The Kier molecular flexibility index (Phi) is 7.25. The first-order valence-corrected chi connectivity index (χ1v) is 8.62. The van der Waals surface area contributed by atoms with Crippen molar-refractivity contribution in [3.05, 3.63) is 56.8 Å². The summed E-state index contributed by atoms with van der Waals surface area (Å²) < 4.78 is 4.68. The molecular weight excluding hydrogens is 419 g/mol. The van der Waals surface area contributed by atoms with Crippen molar-refractivity contribution in [3.63, 3.8) is 0 Å². The van der Waals surface area contributed by atoms with E-state index >= 15 is 0 Å². The number of aliphatic imine (C=N–C) groups is 1. The van der Waals surface area contributed by atoms with Crippen LogP contribution in [-0.4, -0.2) is 42.4 Å². The van der Waals surface area contributed by atoms with Crippen molar-refractivity contribution in [2.75, 3.05) is 19.5 Å². The number of hydrogen-bond donors (Lipinski definition) is 2. The summed E-state index contributed by atoms with van der Waals surface area (Å²) in [6, 6.07) is 7.28. The minimum atomic E-state index is -0.708. The highest BCUT2D eigenvalue weighted by Crippen LogP contribution is 2.30. The van der Waals surface area contributed by atoms with Crippen LogP contribution in [0.2, 0.25) is 10.0 Å². The second-order valence-corrected chi connectivity index (χ2v) is 6.20. The number of amides is 1. The Hall–Kier alpha value is -3.48. The van der Waals surface area contributed by atoms with E-state index in [4.69, 9.17) is 34.2 Å². The standard InChI is InChI=1S/C18H14Cl2N6O3/c1-23-8-9(7-21)16(22)13-3-4-14(26-25-13)17(27)24-15-6-12(20)11(19)5-10(15)18(28)29-2/h3-6,8H,22H2,1-2H3,(H,24,27). The van der Waals surface area contributed by atoms with Crippen LogP contribution in [0.1, 0.15) is 26.5 Å². The zero-order valence-corrected chi connectivity index (χ0v) is 16.7. The number of hydrogen-bond acceptors (Lipinski definition) is 8. The minimum Gasteiger partial charge on any atom is -0.465 e. The summed E-state index contributed by atoms with van der Waals surface area (Å²) in [5.74, 6) is -1.37. The average molecular weight is 433 g/mol. The number of nitrogens with one attached hydrogen (secondary N) is 1. The average Bonchev–Trinajstić information content (AvgIpc) is 2.73. The maximum atomic E-state index is 12.5. The molecule has 0 aliphatic carbocycles. The van der Waals surface area contributed by atoms with E-state index in [-0.39, 0.29) is 44.0 Å². The van der Waals surface area contributed by atoms with Gasteiger partial charge in [-0.05, 0) is 24.3 Å². The number of aromatic nitrogens is 2. The van der Waals surface area contributed by atoms with Gasteiger partial charge in [-0.2, -0.15) is 5.26 Å². The van der Waals surface area contributed by atoms with Gasteiger partial charge in [0.2, 0.25) is 0 Å². The number of carbonyl (C=O) groups excluding carboxylic acids is 2. The summed E-state index contributed by atoms with van der Waals surface area (Å²) in [7, 11) is 2.69. The van der Waals surface area contributed by atoms with Crippen molar-refractivity contribution >= 4 is 52.7 Å². The Bertz CT molecular complexity index is 1060. The summed E-state index contributed by atoms with van der Waals surface area (Å²) in [4.78, 5) is 28.1. The van der Waals surface area contributed by atoms with Crippen LogP contribution in [0.3, 0.4) is 0 Å². The topological polar surface area (TPSA) is 143 Å². The number of nitriles is 1. The highest BCUT2D eigenvalue weighted by Gasteiger charge is 2.18. The molecule has 1 amide bonds. The molecule has 29 heavy (non-hydrogen) atoms. The molecule has 2 rings (SSSR count). The summed E-state index contributed by atoms with van der Waals surface area (Å²) in [5.41, 5.74) is 6.28. The number of esters is 1. The Morgan fingerprint density at radius 3 is 2.41 bits per heavy atom. The van der Waals surface area contributed by atoms with Crippen molar-refractivity contribution < 1.29 is 14.3 Å². The molecule has 0 fully saturated rings. The molecule has 148 valence electrons. The summed E-state index contributed by atoms with van der Waals surface area (Å²) in [5, 5.41) is 19.5. The first-order valence-electron chi connectivity index (χ1n) is 7.87. The fourth-order valence-corrected chi connectivity index (χ4v) is 2.47. The lowest BCUT2D eigenvalue weighted by Crippen LogP contribution is -2.18. The summed E-state index contributed by atoms with van der Waals surface area (Å²) in [6.45, 7) is 0. The SMILES string of the molecule is CN=CC(C#N)=C(N)c1ccc(C(=O)Nc2cc(Cl)c(Cl)cc2C(=O)OC)nn1. The molecule has 9 nitrogen and oxygen atoms in total. The molecule has 0 saturated heterocycles. The van der Waals surface area contributed by atoms with Gasteiger partial charge in [0.05, 0.1) is 39.7 Å². The van der Waals surface area contributed by atoms with Gasteiger partial charge in [0, 0.05) is 13.3 Å². The van der Waals surface area contributed by atoms with Crippen LogP contribution < -0.4 is 11.1 Å². The molecule has 1 aromatic heterocycles. The smallest absolute Gasteiger partial charge is 0.340 e. The zero-order valence-electron chi connectivity index (χ0n) is 15.2. The molecule has 2 aromatic rings. The van der Waals surface area contributed by atoms with Gasteiger partial charge in [-0.1, -0.05) is 23.2 Å². The monoisotopic (exact) mass is 432 g/mol. The van der Waals surface area contributed by atoms with Gasteiger partial charge in [-0.3, -0.25) is 9.79 Å². The fourth-order valence-electron chi connectivity index (χ4n) is 2.14. The fraction of sp³-hybridized carbons (Fsp3) is 0.111. The number of nitrogens with zero attached hydrogens (tertiary/aromatic N) is 4. The van der Waals surface area contributed by atoms with Crippen LogP contribution in [0.5, 0.6) is 0 Å². The number of nitrogens with two attached hydrogens (primary N) is 1. The molecule has 0 aliphatic heterocycles. The van der Waals surface area contributed by atoms with E-state index in [2.05, 4.69) is 25.2 Å². The van der Waals surface area contributed by atoms with Crippen molar-refractivity contribution in [2.24, 2.45) is 10.7 Å². The third kappa shape index (κ3) is 5.07. The van der Waals surface area contributed by atoms with E-state index in [0.717, 1.165) is 0 Å². The van der Waals surface area contributed by atoms with Gasteiger partial charge in [0.1, 0.15) is 11.8 Å². The Morgan fingerprint density at radius 1 is 1.24 bits per heavy atom. The van der Waals surface area contributed by atoms with E-state index in [1.165, 1.54) is 44.6 Å². The minimum absolute atomic E-state index is 0.0181. The number of anilines is 1. The number of methoxy groups -OCH3 is 1. The Morgan fingerprint density at radius 2 is 1.86 bits per heavy atom. The second-order valence-electron chi connectivity index (χ2n) is 5.39. The van der Waals surface area contributed by atoms with Crippen molar-refractivity contribution in [1.29, 1.82) is 5.26 Å². The van der Waals surface area contributed by atoms with Crippen LogP contribution in [0, 0.1) is 11.3 Å². The van der Waals surface area contributed by atoms with E-state index in [1.807, 2.05) is 6.07 Å². The molecule has 3 N–H and O–H groups in total. The lowest BCUT2D eigenvalue weighted by molar-refractivity contribution is 0.0602. The Labute approximate surface area is 175 Å². The van der Waals surface area contributed by atoms with Gasteiger partial charge >= 0.3 is 5.97 Å². The predicted molar refractivity (Wildman–Crippen MR) is 109 cm³/mol. The summed E-state index contributed by atoms with van der Waals surface area (Å²) in [6.07, 6.45) is 1.29. The number of halogens is 2. The first kappa shape index (κ1) is 21.8. The van der Waals surface area contributed by atoms with Crippen LogP contribution in [0.15, 0.2) is 34.8 Å². The van der Waals surface area contributed by atoms with Crippen LogP contribution in [0.25, 0.3) is 5.70 Å². The van der Waals surface area contributed by atoms with Crippen LogP contribution in [-0.2, 0) is 4.74 Å². The number of allylic oxidation sites excluding steroid dienone is 1. The highest BCUT2D eigenvalue weighted by molar-refractivity contribution is 6.42. The van der Waals surface area contributed by atoms with Gasteiger partial charge < -0.3 is 15.8 Å². The summed E-state index contributed by atoms with van der Waals surface area (Å²) >= 11 is 11.9. The van der Waals surface area contributed by atoms with Gasteiger partial charge in [0.25, 0.3) is 5.91 Å². The first-order chi connectivity index (χ1) is 13.8. The molecule has 0 spiro atoms. The van der Waals surface area contributed by atoms with E-state index in [0.29, 0.717) is 0 Å². The predicted octanol–water partition coefficient (Wildman–Crippen LogP) is 2.72. The molecular formula is C18H14Cl2N6O3. The molecule has 1 heterocycles. The van der Waals surface area contributed by atoms with E-state index in [9.17, 15) is 9.59 Å². The second kappa shape index (κ2) is 9.64. The normalized spacial score (nSPS) is 11.6. The van der Waals surface area contributed by atoms with Gasteiger partial charge in [-0.25, -0.2) is 4.79 Å². The quantitative estimate of drug-likeness (QED) is 0.419.